The molecule has 0 aromatic heterocycles. The molecule has 0 amide bonds. The van der Waals surface area contributed by atoms with Gasteiger partial charge in [0.1, 0.15) is 0 Å². The summed E-state index contributed by atoms with van der Waals surface area (Å²) in [4.78, 5) is 2.03. The molecule has 7 heteroatoms. The van der Waals surface area contributed by atoms with Crippen molar-refractivity contribution in [2.75, 3.05) is 19.0 Å². The predicted octanol–water partition coefficient (Wildman–Crippen LogP) is 1.48. The fourth-order valence-electron chi connectivity index (χ4n) is 3.40. The quantitative estimate of drug-likeness (QED) is 0.425. The number of rotatable bonds is 6. The molecule has 0 N–H and O–H groups in total. The number of benzene rings is 3. The van der Waals surface area contributed by atoms with Crippen LogP contribution >= 0.6 is 0 Å². The van der Waals surface area contributed by atoms with Gasteiger partial charge in [0.2, 0.25) is 0 Å². The second kappa shape index (κ2) is 9.70. The van der Waals surface area contributed by atoms with Crippen molar-refractivity contribution in [1.29, 1.82) is 0 Å². The number of halogens is 1. The molecule has 1 heterocycles. The van der Waals surface area contributed by atoms with Crippen LogP contribution in [0.5, 0.6) is 0 Å². The van der Waals surface area contributed by atoms with Gasteiger partial charge in [-0.05, 0) is 0 Å². The van der Waals surface area contributed by atoms with Crippen LogP contribution in [-0.4, -0.2) is 37.1 Å². The summed E-state index contributed by atoms with van der Waals surface area (Å²) >= 11 is -3.24. The number of nitrogens with zero attached hydrogens (tertiary/aromatic N) is 1. The third-order valence-corrected chi connectivity index (χ3v) is 11.9. The summed E-state index contributed by atoms with van der Waals surface area (Å²) in [6.07, 6.45) is 3.92. The minimum atomic E-state index is -4.57. The Morgan fingerprint density at radius 3 is 1.78 bits per heavy atom. The van der Waals surface area contributed by atoms with Gasteiger partial charge in [-0.25, -0.2) is 0 Å². The van der Waals surface area contributed by atoms with E-state index in [9.17, 15) is 14.0 Å². The molecule has 1 aliphatic heterocycles. The van der Waals surface area contributed by atoms with Crippen molar-refractivity contribution in [2.24, 2.45) is 0 Å². The molecule has 3 aromatic rings. The van der Waals surface area contributed by atoms with Crippen molar-refractivity contribution in [1.82, 2.24) is 0 Å². The molecule has 0 saturated carbocycles. The van der Waals surface area contributed by atoms with E-state index >= 15 is 0 Å². The molecule has 0 spiro atoms. The monoisotopic (exact) mass is 565 g/mol. The first kappa shape index (κ1) is 22.9. The first-order valence-electron chi connectivity index (χ1n) is 9.86. The maximum absolute atomic E-state index is 11.7. The second-order valence-corrected chi connectivity index (χ2v) is 13.4. The predicted molar refractivity (Wildman–Crippen MR) is 121 cm³/mol. The van der Waals surface area contributed by atoms with Gasteiger partial charge in [0, 0.05) is 0 Å². The Morgan fingerprint density at radius 1 is 0.688 bits per heavy atom. The van der Waals surface area contributed by atoms with Crippen molar-refractivity contribution in [3.63, 3.8) is 0 Å². The third kappa shape index (κ3) is 5.37. The second-order valence-electron chi connectivity index (χ2n) is 7.36. The Bertz CT molecular complexity index is 1180. The Kier molecular flexibility index (Phi) is 6.94. The molecule has 0 bridgehead atoms. The van der Waals surface area contributed by atoms with Crippen molar-refractivity contribution >= 4 is 37.9 Å². The van der Waals surface area contributed by atoms with Gasteiger partial charge in [0.25, 0.3) is 0 Å². The normalized spacial score (nSPS) is 14.7. The van der Waals surface area contributed by atoms with Gasteiger partial charge in [-0.2, -0.15) is 0 Å². The number of hydrogen-bond donors (Lipinski definition) is 0. The molecule has 0 fully saturated rings. The van der Waals surface area contributed by atoms with E-state index in [1.54, 1.807) is 0 Å². The molecule has 164 valence electrons. The van der Waals surface area contributed by atoms with Crippen LogP contribution in [-0.2, 0) is 2.65 Å². The van der Waals surface area contributed by atoms with Gasteiger partial charge in [-0.1, -0.05) is 0 Å². The summed E-state index contributed by atoms with van der Waals surface area (Å²) in [6, 6.07) is 27.2. The van der Waals surface area contributed by atoms with E-state index in [4.69, 9.17) is 2.65 Å². The van der Waals surface area contributed by atoms with Crippen LogP contribution in [0.1, 0.15) is 16.7 Å². The topological polar surface area (TPSA) is 81.7 Å². The van der Waals surface area contributed by atoms with E-state index < -0.39 is 29.7 Å². The molecular formula is C25H22ClNO4Te. The zero-order valence-electron chi connectivity index (χ0n) is 17.6. The molecule has 1 aliphatic rings. The van der Waals surface area contributed by atoms with Crippen LogP contribution in [0.25, 0.3) is 9.19 Å². The zero-order valence-corrected chi connectivity index (χ0v) is 20.7. The molecule has 4 rings (SSSR count). The van der Waals surface area contributed by atoms with E-state index in [1.807, 2.05) is 116 Å². The number of anilines is 1. The fourth-order valence-corrected chi connectivity index (χ4v) is 10.2. The summed E-state index contributed by atoms with van der Waals surface area (Å²) in [5.74, 6) is 0. The van der Waals surface area contributed by atoms with Crippen LogP contribution in [0.4, 0.5) is 5.69 Å². The van der Waals surface area contributed by atoms with Gasteiger partial charge in [0.05, 0.1) is 0 Å². The van der Waals surface area contributed by atoms with E-state index in [-0.39, 0.29) is 0 Å². The van der Waals surface area contributed by atoms with Crippen LogP contribution in [0.3, 0.4) is 0 Å². The zero-order chi connectivity index (χ0) is 22.7. The Hall–Kier alpha value is -2.27. The van der Waals surface area contributed by atoms with E-state index in [0.717, 1.165) is 35.1 Å². The summed E-state index contributed by atoms with van der Waals surface area (Å²) in [5.41, 5.74) is 4.73. The van der Waals surface area contributed by atoms with Crippen LogP contribution in [0, 0.1) is 10.2 Å². The molecule has 32 heavy (non-hydrogen) atoms. The van der Waals surface area contributed by atoms with Crippen LogP contribution in [0.15, 0.2) is 97.1 Å². The average molecular weight is 564 g/mol. The van der Waals surface area contributed by atoms with Crippen molar-refractivity contribution in [2.45, 2.75) is 0 Å². The first-order chi connectivity index (χ1) is 15.3. The summed E-state index contributed by atoms with van der Waals surface area (Å²) in [6.45, 7) is 0. The van der Waals surface area contributed by atoms with Gasteiger partial charge in [-0.3, -0.25) is 0 Å². The molecule has 0 atom stereocenters. The first-order valence-corrected chi connectivity index (χ1v) is 14.4. The molecule has 0 aliphatic carbocycles. The number of allylic oxidation sites excluding steroid dienone is 3. The Morgan fingerprint density at radius 2 is 1.25 bits per heavy atom. The summed E-state index contributed by atoms with van der Waals surface area (Å²) < 4.78 is 41.8. The fraction of sp³-hybridized carbons (Fsp3) is 0.0800. The van der Waals surface area contributed by atoms with Gasteiger partial charge >= 0.3 is 198 Å². The SMILES string of the molecule is CN(C)c1ccc(C2=CC(c3ccccc3)=[Te](O[Cl+3]([O-])([O-])[O-])C(c3ccccc3)=C2)cc1. The standard InChI is InChI=1S/C25H22ClNO4Te/c1-27(2)23-15-13-19(14-16-23)22-17-24(20-9-5-3-6-10-20)32(31-26(28,29)30)25(18-22)21-11-7-4-8-12-21/h3-18H,1-2H3. The number of hydrogen-bond acceptors (Lipinski definition) is 5. The van der Waals surface area contributed by atoms with Crippen LogP contribution < -0.4 is 18.9 Å². The molecule has 0 unspecified atom stereocenters. The van der Waals surface area contributed by atoms with Crippen molar-refractivity contribution in [3.05, 3.63) is 114 Å². The van der Waals surface area contributed by atoms with E-state index in [0.29, 0.717) is 0 Å². The molecular weight excluding hydrogens is 541 g/mol. The average Bonchev–Trinajstić information content (AvgIpc) is 2.79. The molecule has 0 saturated heterocycles. The molecule has 5 nitrogen and oxygen atoms in total. The van der Waals surface area contributed by atoms with Gasteiger partial charge < -0.3 is 0 Å². The van der Waals surface area contributed by atoms with Gasteiger partial charge in [0.15, 0.2) is 0 Å². The van der Waals surface area contributed by atoms with E-state index in [2.05, 4.69) is 0 Å². The van der Waals surface area contributed by atoms with Crippen LogP contribution in [0.2, 0.25) is 0 Å². The Balaban J connectivity index is 1.94. The molecule has 0 radical (unpaired) electrons. The third-order valence-electron chi connectivity index (χ3n) is 4.95. The van der Waals surface area contributed by atoms with Crippen molar-refractivity contribution < 1.29 is 26.9 Å². The maximum atomic E-state index is 11.7. The van der Waals surface area contributed by atoms with E-state index in [1.165, 1.54) is 0 Å². The van der Waals surface area contributed by atoms with Crippen molar-refractivity contribution in [3.8, 4) is 0 Å². The molecule has 3 aromatic carbocycles. The Labute approximate surface area is 196 Å². The minimum absolute atomic E-state index is 0.772. The summed E-state index contributed by atoms with van der Waals surface area (Å²) in [7, 11) is -0.593. The summed E-state index contributed by atoms with van der Waals surface area (Å²) in [5, 5.41) is 0. The van der Waals surface area contributed by atoms with Gasteiger partial charge in [-0.15, -0.1) is 0 Å².